The molecule has 2 aliphatic carbocycles. The molecule has 1 aromatic heterocycles. The number of aromatic nitrogens is 1. The number of carbonyl (C=O) groups is 2. The molecule has 3 rings (SSSR count). The minimum Gasteiger partial charge on any atom is -0.480 e. The van der Waals surface area contributed by atoms with Crippen LogP contribution < -0.4 is 15.4 Å². The van der Waals surface area contributed by atoms with Crippen LogP contribution in [-0.4, -0.2) is 58.3 Å². The largest absolute Gasteiger partial charge is 0.480 e. The van der Waals surface area contributed by atoms with Crippen LogP contribution in [0.4, 0.5) is 4.79 Å². The molecule has 2 amide bonds. The van der Waals surface area contributed by atoms with Gasteiger partial charge >= 0.3 is 12.0 Å². The van der Waals surface area contributed by atoms with E-state index in [1.165, 1.54) is 12.8 Å². The van der Waals surface area contributed by atoms with Gasteiger partial charge in [-0.05, 0) is 50.6 Å². The summed E-state index contributed by atoms with van der Waals surface area (Å²) in [4.78, 5) is 29.2. The standard InChI is InChI=1S/C20H30N4O4/c1-2-24(13-19(25)26)16-9-15(10-16)23-20(27)22-12-14-7-8-18(21-11-14)28-17-5-3-4-6-17/h7-8,11,15-17H,2-6,9-10,12-13H2,1H3,(H,25,26)(H2,22,23,27). The lowest BCUT2D eigenvalue weighted by Crippen LogP contribution is -2.56. The number of hydrogen-bond donors (Lipinski definition) is 3. The van der Waals surface area contributed by atoms with Crippen molar-refractivity contribution in [1.82, 2.24) is 20.5 Å². The predicted molar refractivity (Wildman–Crippen MR) is 104 cm³/mol. The molecular formula is C20H30N4O4. The third kappa shape index (κ3) is 5.82. The van der Waals surface area contributed by atoms with Crippen molar-refractivity contribution < 1.29 is 19.4 Å². The van der Waals surface area contributed by atoms with Gasteiger partial charge in [0.05, 0.1) is 6.54 Å². The van der Waals surface area contributed by atoms with Crippen LogP contribution in [0.1, 0.15) is 51.0 Å². The van der Waals surface area contributed by atoms with Gasteiger partial charge in [0.25, 0.3) is 0 Å². The van der Waals surface area contributed by atoms with Gasteiger partial charge in [0.15, 0.2) is 0 Å². The third-order valence-electron chi connectivity index (χ3n) is 5.55. The first kappa shape index (κ1) is 20.4. The maximum Gasteiger partial charge on any atom is 0.317 e. The summed E-state index contributed by atoms with van der Waals surface area (Å²) in [6, 6.07) is 3.88. The first-order valence-corrected chi connectivity index (χ1v) is 10.1. The van der Waals surface area contributed by atoms with Crippen LogP contribution in [0.15, 0.2) is 18.3 Å². The molecule has 0 atom stereocenters. The number of pyridine rings is 1. The quantitative estimate of drug-likeness (QED) is 0.597. The molecule has 2 fully saturated rings. The molecule has 8 nitrogen and oxygen atoms in total. The van der Waals surface area contributed by atoms with Gasteiger partial charge in [-0.2, -0.15) is 0 Å². The molecule has 2 aliphatic rings. The Balaban J connectivity index is 1.34. The minimum absolute atomic E-state index is 0.0491. The van der Waals surface area contributed by atoms with Gasteiger partial charge in [-0.25, -0.2) is 9.78 Å². The van der Waals surface area contributed by atoms with E-state index in [0.29, 0.717) is 19.0 Å². The lowest BCUT2D eigenvalue weighted by molar-refractivity contribution is -0.139. The molecule has 0 radical (unpaired) electrons. The van der Waals surface area contributed by atoms with Crippen molar-refractivity contribution in [2.75, 3.05) is 13.1 Å². The van der Waals surface area contributed by atoms with Crippen LogP contribution >= 0.6 is 0 Å². The van der Waals surface area contributed by atoms with E-state index < -0.39 is 5.97 Å². The van der Waals surface area contributed by atoms with E-state index >= 15 is 0 Å². The molecule has 0 spiro atoms. The Labute approximate surface area is 165 Å². The lowest BCUT2D eigenvalue weighted by atomic mass is 9.85. The molecule has 2 saturated carbocycles. The Hall–Kier alpha value is -2.35. The number of amides is 2. The van der Waals surface area contributed by atoms with E-state index in [9.17, 15) is 9.59 Å². The summed E-state index contributed by atoms with van der Waals surface area (Å²) in [5.41, 5.74) is 0.916. The molecular weight excluding hydrogens is 360 g/mol. The molecule has 0 bridgehead atoms. The molecule has 3 N–H and O–H groups in total. The lowest BCUT2D eigenvalue weighted by Gasteiger charge is -2.42. The van der Waals surface area contributed by atoms with Gasteiger partial charge in [0.2, 0.25) is 5.88 Å². The van der Waals surface area contributed by atoms with E-state index in [-0.39, 0.29) is 30.8 Å². The summed E-state index contributed by atoms with van der Waals surface area (Å²) in [5.74, 6) is -0.174. The number of carboxylic acid groups (broad SMARTS) is 1. The molecule has 1 heterocycles. The smallest absolute Gasteiger partial charge is 0.317 e. The number of nitrogens with zero attached hydrogens (tertiary/aromatic N) is 2. The van der Waals surface area contributed by atoms with Gasteiger partial charge in [-0.3, -0.25) is 9.69 Å². The van der Waals surface area contributed by atoms with Crippen LogP contribution in [-0.2, 0) is 11.3 Å². The number of likely N-dealkylation sites (N-methyl/N-ethyl adjacent to an activating group) is 1. The Morgan fingerprint density at radius 1 is 1.29 bits per heavy atom. The topological polar surface area (TPSA) is 104 Å². The summed E-state index contributed by atoms with van der Waals surface area (Å²) in [7, 11) is 0. The average Bonchev–Trinajstić information content (AvgIpc) is 3.15. The second kappa shape index (κ2) is 9.73. The minimum atomic E-state index is -0.815. The summed E-state index contributed by atoms with van der Waals surface area (Å²) < 4.78 is 5.84. The fourth-order valence-corrected chi connectivity index (χ4v) is 3.86. The van der Waals surface area contributed by atoms with E-state index in [0.717, 1.165) is 31.2 Å². The molecule has 1 aromatic rings. The fourth-order valence-electron chi connectivity index (χ4n) is 3.86. The summed E-state index contributed by atoms with van der Waals surface area (Å²) in [6.07, 6.45) is 8.22. The van der Waals surface area contributed by atoms with Crippen LogP contribution in [0.2, 0.25) is 0 Å². The van der Waals surface area contributed by atoms with E-state index in [1.54, 1.807) is 6.20 Å². The monoisotopic (exact) mass is 390 g/mol. The third-order valence-corrected chi connectivity index (χ3v) is 5.55. The highest BCUT2D eigenvalue weighted by Gasteiger charge is 2.34. The Morgan fingerprint density at radius 3 is 2.64 bits per heavy atom. The SMILES string of the molecule is CCN(CC(=O)O)C1CC(NC(=O)NCc2ccc(OC3CCCC3)nc2)C1. The summed E-state index contributed by atoms with van der Waals surface area (Å²) in [5, 5.41) is 14.7. The maximum absolute atomic E-state index is 12.1. The molecule has 0 unspecified atom stereocenters. The fraction of sp³-hybridized carbons (Fsp3) is 0.650. The zero-order valence-electron chi connectivity index (χ0n) is 16.4. The molecule has 28 heavy (non-hydrogen) atoms. The zero-order valence-corrected chi connectivity index (χ0v) is 16.4. The maximum atomic E-state index is 12.1. The zero-order chi connectivity index (χ0) is 19.9. The molecule has 154 valence electrons. The van der Waals surface area contributed by atoms with Gasteiger partial charge in [-0.15, -0.1) is 0 Å². The van der Waals surface area contributed by atoms with Crippen molar-refractivity contribution in [3.63, 3.8) is 0 Å². The Bertz CT molecular complexity index is 655. The molecule has 0 aliphatic heterocycles. The summed E-state index contributed by atoms with van der Waals surface area (Å²) >= 11 is 0. The highest BCUT2D eigenvalue weighted by molar-refractivity contribution is 5.74. The Kier molecular flexibility index (Phi) is 7.08. The number of aliphatic carboxylic acids is 1. The van der Waals surface area contributed by atoms with Crippen molar-refractivity contribution >= 4 is 12.0 Å². The van der Waals surface area contributed by atoms with Gasteiger partial charge < -0.3 is 20.5 Å². The average molecular weight is 390 g/mol. The molecule has 8 heteroatoms. The van der Waals surface area contributed by atoms with E-state index in [2.05, 4.69) is 15.6 Å². The number of ether oxygens (including phenoxy) is 1. The van der Waals surface area contributed by atoms with Crippen LogP contribution in [0, 0.1) is 0 Å². The molecule has 0 aromatic carbocycles. The van der Waals surface area contributed by atoms with Crippen molar-refractivity contribution in [2.24, 2.45) is 0 Å². The number of carboxylic acids is 1. The number of hydrogen-bond acceptors (Lipinski definition) is 5. The van der Waals surface area contributed by atoms with Crippen LogP contribution in [0.3, 0.4) is 0 Å². The van der Waals surface area contributed by atoms with Gasteiger partial charge in [0.1, 0.15) is 6.10 Å². The number of nitrogens with one attached hydrogen (secondary N) is 2. The summed E-state index contributed by atoms with van der Waals surface area (Å²) in [6.45, 7) is 3.10. The first-order chi connectivity index (χ1) is 13.5. The van der Waals surface area contributed by atoms with E-state index in [1.807, 2.05) is 24.0 Å². The second-order valence-electron chi connectivity index (χ2n) is 7.64. The highest BCUT2D eigenvalue weighted by Crippen LogP contribution is 2.25. The van der Waals surface area contributed by atoms with Crippen molar-refractivity contribution in [2.45, 2.75) is 70.2 Å². The Morgan fingerprint density at radius 2 is 2.04 bits per heavy atom. The van der Waals surface area contributed by atoms with Crippen molar-refractivity contribution in [1.29, 1.82) is 0 Å². The molecule has 0 saturated heterocycles. The first-order valence-electron chi connectivity index (χ1n) is 10.1. The number of rotatable bonds is 9. The highest BCUT2D eigenvalue weighted by atomic mass is 16.5. The van der Waals surface area contributed by atoms with Crippen LogP contribution in [0.5, 0.6) is 5.88 Å². The normalized spacial score (nSPS) is 21.9. The number of urea groups is 1. The van der Waals surface area contributed by atoms with Crippen molar-refractivity contribution in [3.8, 4) is 5.88 Å². The number of carbonyl (C=O) groups excluding carboxylic acids is 1. The second-order valence-corrected chi connectivity index (χ2v) is 7.64. The van der Waals surface area contributed by atoms with Gasteiger partial charge in [0, 0.05) is 30.9 Å². The van der Waals surface area contributed by atoms with Crippen molar-refractivity contribution in [3.05, 3.63) is 23.9 Å². The predicted octanol–water partition coefficient (Wildman–Crippen LogP) is 2.14. The van der Waals surface area contributed by atoms with E-state index in [4.69, 9.17) is 9.84 Å². The van der Waals surface area contributed by atoms with Crippen LogP contribution in [0.25, 0.3) is 0 Å². The van der Waals surface area contributed by atoms with Gasteiger partial charge in [-0.1, -0.05) is 13.0 Å².